The lowest BCUT2D eigenvalue weighted by molar-refractivity contribution is -0.144. The topological polar surface area (TPSA) is 67.2 Å². The molecule has 1 aromatic heterocycles. The predicted octanol–water partition coefficient (Wildman–Crippen LogP) is 2.08. The summed E-state index contributed by atoms with van der Waals surface area (Å²) in [6, 6.07) is 0.0348. The molecule has 1 heterocycles. The summed E-state index contributed by atoms with van der Waals surface area (Å²) >= 11 is 0. The van der Waals surface area contributed by atoms with Gasteiger partial charge in [0.15, 0.2) is 0 Å². The second-order valence-electron chi connectivity index (χ2n) is 5.39. The normalized spacial score (nSPS) is 16.1. The van der Waals surface area contributed by atoms with E-state index in [0.29, 0.717) is 6.42 Å². The Balaban J connectivity index is 3.02. The second kappa shape index (κ2) is 5.74. The van der Waals surface area contributed by atoms with Gasteiger partial charge in [0, 0.05) is 5.69 Å². The highest BCUT2D eigenvalue weighted by molar-refractivity contribution is 5.78. The van der Waals surface area contributed by atoms with Crippen LogP contribution in [0, 0.1) is 13.8 Å². The van der Waals surface area contributed by atoms with Crippen molar-refractivity contribution in [2.45, 2.75) is 59.0 Å². The van der Waals surface area contributed by atoms with E-state index >= 15 is 0 Å². The number of likely N-dealkylation sites (N-methyl/N-ethyl adjacent to an activating group) is 1. The maximum Gasteiger partial charge on any atom is 0.323 e. The summed E-state index contributed by atoms with van der Waals surface area (Å²) < 4.78 is 1.95. The van der Waals surface area contributed by atoms with Crippen LogP contribution < -0.4 is 5.32 Å². The van der Waals surface area contributed by atoms with Gasteiger partial charge in [-0.3, -0.25) is 9.48 Å². The molecular weight excluding hydrogens is 242 g/mol. The molecule has 0 fully saturated rings. The first kappa shape index (κ1) is 15.7. The summed E-state index contributed by atoms with van der Waals surface area (Å²) in [6.07, 6.45) is 1.44. The summed E-state index contributed by atoms with van der Waals surface area (Å²) in [5, 5.41) is 16.8. The number of hydrogen-bond acceptors (Lipinski definition) is 3. The SMILES string of the molecule is CCc1c(C)nn(C(C)CC(C)(NC)C(=O)O)c1C. The van der Waals surface area contributed by atoms with Crippen molar-refractivity contribution >= 4 is 5.97 Å². The molecule has 1 rings (SSSR count). The first-order chi connectivity index (χ1) is 8.76. The van der Waals surface area contributed by atoms with Crippen LogP contribution in [0.15, 0.2) is 0 Å². The molecule has 5 nitrogen and oxygen atoms in total. The molecule has 1 aromatic rings. The Hall–Kier alpha value is -1.36. The minimum Gasteiger partial charge on any atom is -0.480 e. The van der Waals surface area contributed by atoms with E-state index in [2.05, 4.69) is 17.3 Å². The largest absolute Gasteiger partial charge is 0.480 e. The highest BCUT2D eigenvalue weighted by Crippen LogP contribution is 2.24. The number of rotatable bonds is 6. The number of carboxylic acid groups (broad SMARTS) is 1. The molecule has 0 saturated carbocycles. The summed E-state index contributed by atoms with van der Waals surface area (Å²) in [6.45, 7) is 9.88. The minimum absolute atomic E-state index is 0.0348. The van der Waals surface area contributed by atoms with Crippen molar-refractivity contribution in [1.82, 2.24) is 15.1 Å². The third-order valence-electron chi connectivity index (χ3n) is 3.97. The van der Waals surface area contributed by atoms with Crippen LogP contribution in [-0.2, 0) is 11.2 Å². The molecule has 0 aliphatic rings. The lowest BCUT2D eigenvalue weighted by atomic mass is 9.94. The number of carboxylic acids is 1. The quantitative estimate of drug-likeness (QED) is 0.828. The number of hydrogen-bond donors (Lipinski definition) is 2. The van der Waals surface area contributed by atoms with E-state index in [1.165, 1.54) is 5.56 Å². The zero-order chi connectivity index (χ0) is 14.8. The fourth-order valence-corrected chi connectivity index (χ4v) is 2.61. The van der Waals surface area contributed by atoms with Gasteiger partial charge in [-0.25, -0.2) is 0 Å². The van der Waals surface area contributed by atoms with E-state index in [1.54, 1.807) is 14.0 Å². The highest BCUT2D eigenvalue weighted by Gasteiger charge is 2.34. The van der Waals surface area contributed by atoms with Crippen LogP contribution in [0.4, 0.5) is 0 Å². The van der Waals surface area contributed by atoms with Crippen LogP contribution in [0.1, 0.15) is 50.2 Å². The molecule has 108 valence electrons. The van der Waals surface area contributed by atoms with Gasteiger partial charge in [0.1, 0.15) is 5.54 Å². The fourth-order valence-electron chi connectivity index (χ4n) is 2.61. The predicted molar refractivity (Wildman–Crippen MR) is 75.5 cm³/mol. The smallest absolute Gasteiger partial charge is 0.323 e. The molecule has 0 aromatic carbocycles. The van der Waals surface area contributed by atoms with Crippen LogP contribution in [0.25, 0.3) is 0 Å². The van der Waals surface area contributed by atoms with E-state index < -0.39 is 11.5 Å². The Kier molecular flexibility index (Phi) is 4.74. The molecule has 5 heteroatoms. The lowest BCUT2D eigenvalue weighted by Gasteiger charge is -2.28. The molecule has 0 aliphatic carbocycles. The van der Waals surface area contributed by atoms with Crippen molar-refractivity contribution in [2.75, 3.05) is 7.05 Å². The third-order valence-corrected chi connectivity index (χ3v) is 3.97. The first-order valence-corrected chi connectivity index (χ1v) is 6.73. The van der Waals surface area contributed by atoms with Gasteiger partial charge in [-0.15, -0.1) is 0 Å². The van der Waals surface area contributed by atoms with Crippen LogP contribution in [0.3, 0.4) is 0 Å². The Labute approximate surface area is 115 Å². The second-order valence-corrected chi connectivity index (χ2v) is 5.39. The molecule has 0 saturated heterocycles. The lowest BCUT2D eigenvalue weighted by Crippen LogP contribution is -2.48. The van der Waals surface area contributed by atoms with Gasteiger partial charge in [-0.1, -0.05) is 6.92 Å². The average Bonchev–Trinajstić information content (AvgIpc) is 2.63. The van der Waals surface area contributed by atoms with Crippen LogP contribution >= 0.6 is 0 Å². The number of carbonyl (C=O) groups is 1. The minimum atomic E-state index is -0.932. The van der Waals surface area contributed by atoms with Crippen LogP contribution in [0.5, 0.6) is 0 Å². The molecule has 0 amide bonds. The van der Waals surface area contributed by atoms with Crippen molar-refractivity contribution in [3.8, 4) is 0 Å². The molecule has 0 bridgehead atoms. The molecular formula is C14H25N3O2. The molecule has 0 spiro atoms. The summed E-state index contributed by atoms with van der Waals surface area (Å²) in [5.41, 5.74) is 2.50. The number of nitrogens with zero attached hydrogens (tertiary/aromatic N) is 2. The van der Waals surface area contributed by atoms with Crippen LogP contribution in [0.2, 0.25) is 0 Å². The maximum absolute atomic E-state index is 11.3. The van der Waals surface area contributed by atoms with Crippen molar-refractivity contribution in [1.29, 1.82) is 0 Å². The zero-order valence-corrected chi connectivity index (χ0v) is 12.7. The Morgan fingerprint density at radius 1 is 1.53 bits per heavy atom. The highest BCUT2D eigenvalue weighted by atomic mass is 16.4. The first-order valence-electron chi connectivity index (χ1n) is 6.73. The third kappa shape index (κ3) is 2.97. The Bertz CT molecular complexity index is 468. The number of aliphatic carboxylic acids is 1. The summed E-state index contributed by atoms with van der Waals surface area (Å²) in [4.78, 5) is 11.3. The molecule has 19 heavy (non-hydrogen) atoms. The van der Waals surface area contributed by atoms with Crippen LogP contribution in [-0.4, -0.2) is 33.4 Å². The van der Waals surface area contributed by atoms with E-state index in [0.717, 1.165) is 17.8 Å². The van der Waals surface area contributed by atoms with Crippen molar-refractivity contribution in [3.05, 3.63) is 17.0 Å². The number of aromatic nitrogens is 2. The molecule has 2 atom stereocenters. The number of aryl methyl sites for hydroxylation is 1. The van der Waals surface area contributed by atoms with Gasteiger partial charge in [0.25, 0.3) is 0 Å². The summed E-state index contributed by atoms with van der Waals surface area (Å²) in [5.74, 6) is -0.834. The number of nitrogens with one attached hydrogen (secondary N) is 1. The van der Waals surface area contributed by atoms with Crippen molar-refractivity contribution in [2.24, 2.45) is 0 Å². The molecule has 2 N–H and O–H groups in total. The van der Waals surface area contributed by atoms with E-state index in [-0.39, 0.29) is 6.04 Å². The monoisotopic (exact) mass is 267 g/mol. The average molecular weight is 267 g/mol. The van der Waals surface area contributed by atoms with E-state index in [9.17, 15) is 9.90 Å². The van der Waals surface area contributed by atoms with E-state index in [1.807, 2.05) is 25.5 Å². The van der Waals surface area contributed by atoms with Crippen molar-refractivity contribution < 1.29 is 9.90 Å². The summed E-state index contributed by atoms with van der Waals surface area (Å²) in [7, 11) is 1.68. The fraction of sp³-hybridized carbons (Fsp3) is 0.714. The molecule has 2 unspecified atom stereocenters. The van der Waals surface area contributed by atoms with Gasteiger partial charge in [-0.05, 0) is 53.1 Å². The van der Waals surface area contributed by atoms with Gasteiger partial charge in [-0.2, -0.15) is 5.10 Å². The van der Waals surface area contributed by atoms with Gasteiger partial charge < -0.3 is 10.4 Å². The van der Waals surface area contributed by atoms with Gasteiger partial charge >= 0.3 is 5.97 Å². The van der Waals surface area contributed by atoms with Gasteiger partial charge in [0.2, 0.25) is 0 Å². The molecule has 0 aliphatic heterocycles. The van der Waals surface area contributed by atoms with Crippen molar-refractivity contribution in [3.63, 3.8) is 0 Å². The Morgan fingerprint density at radius 3 is 2.47 bits per heavy atom. The van der Waals surface area contributed by atoms with E-state index in [4.69, 9.17) is 0 Å². The standard InChI is InChI=1S/C14H25N3O2/c1-7-12-10(3)16-17(11(12)4)9(2)8-14(5,15-6)13(18)19/h9,15H,7-8H2,1-6H3,(H,18,19). The van der Waals surface area contributed by atoms with Gasteiger partial charge in [0.05, 0.1) is 11.7 Å². The maximum atomic E-state index is 11.3. The molecule has 0 radical (unpaired) electrons. The Morgan fingerprint density at radius 2 is 2.11 bits per heavy atom. The zero-order valence-electron chi connectivity index (χ0n) is 12.7.